The first kappa shape index (κ1) is 12.3. The van der Waals surface area contributed by atoms with E-state index in [-0.39, 0.29) is 0 Å². The Labute approximate surface area is 93.1 Å². The Bertz CT molecular complexity index is 265. The Balaban J connectivity index is 2.71. The fourth-order valence-electron chi connectivity index (χ4n) is 1.92. The second-order valence-corrected chi connectivity index (χ2v) is 4.13. The van der Waals surface area contributed by atoms with Crippen LogP contribution in [-0.4, -0.2) is 11.7 Å². The van der Waals surface area contributed by atoms with E-state index in [4.69, 9.17) is 5.11 Å². The maximum Gasteiger partial charge on any atom is 0.0434 e. The molecule has 1 aromatic carbocycles. The zero-order chi connectivity index (χ0) is 11.1. The Kier molecular flexibility index (Phi) is 5.41. The van der Waals surface area contributed by atoms with Gasteiger partial charge in [0, 0.05) is 6.61 Å². The number of aryl methyl sites for hydroxylation is 2. The number of benzene rings is 1. The third kappa shape index (κ3) is 3.67. The minimum atomic E-state index is 0.290. The number of aliphatic hydroxyl groups is 1. The first-order chi connectivity index (χ1) is 7.29. The molecule has 0 amide bonds. The molecule has 0 bridgehead atoms. The summed E-state index contributed by atoms with van der Waals surface area (Å²) in [4.78, 5) is 0. The van der Waals surface area contributed by atoms with Crippen LogP contribution in [-0.2, 0) is 12.8 Å². The van der Waals surface area contributed by atoms with Crippen molar-refractivity contribution in [1.29, 1.82) is 0 Å². The molecule has 1 N–H and O–H groups in total. The van der Waals surface area contributed by atoms with Crippen LogP contribution in [0.3, 0.4) is 0 Å². The van der Waals surface area contributed by atoms with E-state index in [0.717, 1.165) is 12.8 Å². The van der Waals surface area contributed by atoms with Crippen LogP contribution >= 0.6 is 0 Å². The van der Waals surface area contributed by atoms with Crippen molar-refractivity contribution >= 4 is 0 Å². The highest BCUT2D eigenvalue weighted by atomic mass is 16.2. The lowest BCUT2D eigenvalue weighted by Crippen LogP contribution is -1.97. The normalized spacial score (nSPS) is 10.6. The van der Waals surface area contributed by atoms with Gasteiger partial charge in [0.05, 0.1) is 0 Å². The summed E-state index contributed by atoms with van der Waals surface area (Å²) in [5.74, 6) is 0. The van der Waals surface area contributed by atoms with Crippen molar-refractivity contribution in [3.8, 4) is 0 Å². The SMILES string of the molecule is CCCCc1cccc(CCCO)c1C. The van der Waals surface area contributed by atoms with E-state index in [1.807, 2.05) is 0 Å². The lowest BCUT2D eigenvalue weighted by Gasteiger charge is -2.10. The summed E-state index contributed by atoms with van der Waals surface area (Å²) < 4.78 is 0. The highest BCUT2D eigenvalue weighted by Gasteiger charge is 2.02. The van der Waals surface area contributed by atoms with Crippen molar-refractivity contribution in [2.45, 2.75) is 46.0 Å². The maximum atomic E-state index is 8.83. The molecule has 0 aliphatic rings. The molecule has 1 heteroatoms. The molecule has 0 atom stereocenters. The van der Waals surface area contributed by atoms with Gasteiger partial charge in [-0.2, -0.15) is 0 Å². The molecule has 0 aliphatic heterocycles. The molecular weight excluding hydrogens is 184 g/mol. The average molecular weight is 206 g/mol. The van der Waals surface area contributed by atoms with Gasteiger partial charge in [-0.3, -0.25) is 0 Å². The fraction of sp³-hybridized carbons (Fsp3) is 0.571. The molecule has 0 heterocycles. The van der Waals surface area contributed by atoms with Crippen LogP contribution in [0.5, 0.6) is 0 Å². The van der Waals surface area contributed by atoms with E-state index in [9.17, 15) is 0 Å². The number of unbranched alkanes of at least 4 members (excludes halogenated alkanes) is 1. The number of hydrogen-bond donors (Lipinski definition) is 1. The third-order valence-corrected chi connectivity index (χ3v) is 2.96. The van der Waals surface area contributed by atoms with Gasteiger partial charge in [-0.15, -0.1) is 0 Å². The summed E-state index contributed by atoms with van der Waals surface area (Å²) >= 11 is 0. The van der Waals surface area contributed by atoms with Crippen LogP contribution in [0.1, 0.15) is 42.9 Å². The molecule has 0 spiro atoms. The highest BCUT2D eigenvalue weighted by molar-refractivity contribution is 5.34. The van der Waals surface area contributed by atoms with E-state index >= 15 is 0 Å². The molecule has 0 aromatic heterocycles. The van der Waals surface area contributed by atoms with Crippen molar-refractivity contribution in [2.24, 2.45) is 0 Å². The molecule has 0 unspecified atom stereocenters. The van der Waals surface area contributed by atoms with Crippen molar-refractivity contribution in [2.75, 3.05) is 6.61 Å². The molecule has 1 aromatic rings. The summed E-state index contributed by atoms with van der Waals surface area (Å²) in [5, 5.41) is 8.83. The Morgan fingerprint density at radius 1 is 1.07 bits per heavy atom. The van der Waals surface area contributed by atoms with Gasteiger partial charge in [0.2, 0.25) is 0 Å². The van der Waals surface area contributed by atoms with Gasteiger partial charge >= 0.3 is 0 Å². The monoisotopic (exact) mass is 206 g/mol. The van der Waals surface area contributed by atoms with Crippen molar-refractivity contribution in [3.63, 3.8) is 0 Å². The minimum Gasteiger partial charge on any atom is -0.396 e. The zero-order valence-corrected chi connectivity index (χ0v) is 9.92. The maximum absolute atomic E-state index is 8.83. The minimum absolute atomic E-state index is 0.290. The predicted octanol–water partition coefficient (Wildman–Crippen LogP) is 3.26. The van der Waals surface area contributed by atoms with E-state index in [1.54, 1.807) is 0 Å². The van der Waals surface area contributed by atoms with Gasteiger partial charge in [0.15, 0.2) is 0 Å². The molecule has 0 saturated carbocycles. The standard InChI is InChI=1S/C14H22O/c1-3-4-7-13-8-5-9-14(12(13)2)10-6-11-15/h5,8-9,15H,3-4,6-7,10-11H2,1-2H3. The molecule has 0 fully saturated rings. The second kappa shape index (κ2) is 6.62. The van der Waals surface area contributed by atoms with Crippen LogP contribution in [0.4, 0.5) is 0 Å². The van der Waals surface area contributed by atoms with Gasteiger partial charge < -0.3 is 5.11 Å². The Hall–Kier alpha value is -0.820. The number of hydrogen-bond acceptors (Lipinski definition) is 1. The molecule has 0 radical (unpaired) electrons. The van der Waals surface area contributed by atoms with E-state index < -0.39 is 0 Å². The molecule has 1 nitrogen and oxygen atoms in total. The van der Waals surface area contributed by atoms with Crippen molar-refractivity contribution < 1.29 is 5.11 Å². The van der Waals surface area contributed by atoms with E-state index in [2.05, 4.69) is 32.0 Å². The Morgan fingerprint density at radius 2 is 1.67 bits per heavy atom. The highest BCUT2D eigenvalue weighted by Crippen LogP contribution is 2.17. The molecular formula is C14H22O. The van der Waals surface area contributed by atoms with Crippen molar-refractivity contribution in [1.82, 2.24) is 0 Å². The molecule has 0 aliphatic carbocycles. The van der Waals surface area contributed by atoms with Crippen LogP contribution in [0.2, 0.25) is 0 Å². The summed E-state index contributed by atoms with van der Waals surface area (Å²) in [6.45, 7) is 4.72. The van der Waals surface area contributed by atoms with Crippen LogP contribution < -0.4 is 0 Å². The van der Waals surface area contributed by atoms with Crippen molar-refractivity contribution in [3.05, 3.63) is 34.9 Å². The summed E-state index contributed by atoms with van der Waals surface area (Å²) in [6.07, 6.45) is 5.58. The molecule has 0 saturated heterocycles. The largest absolute Gasteiger partial charge is 0.396 e. The topological polar surface area (TPSA) is 20.2 Å². The average Bonchev–Trinajstić information content (AvgIpc) is 2.26. The second-order valence-electron chi connectivity index (χ2n) is 4.13. The predicted molar refractivity (Wildman–Crippen MR) is 65.2 cm³/mol. The Morgan fingerprint density at radius 3 is 2.20 bits per heavy atom. The lowest BCUT2D eigenvalue weighted by atomic mass is 9.96. The molecule has 1 rings (SSSR count). The van der Waals surface area contributed by atoms with Crippen LogP contribution in [0.15, 0.2) is 18.2 Å². The fourth-order valence-corrected chi connectivity index (χ4v) is 1.92. The van der Waals surface area contributed by atoms with Gasteiger partial charge in [-0.1, -0.05) is 31.5 Å². The molecule has 84 valence electrons. The number of aliphatic hydroxyl groups excluding tert-OH is 1. The summed E-state index contributed by atoms with van der Waals surface area (Å²) in [6, 6.07) is 6.55. The van der Waals surface area contributed by atoms with E-state index in [0.29, 0.717) is 6.61 Å². The quantitative estimate of drug-likeness (QED) is 0.757. The summed E-state index contributed by atoms with van der Waals surface area (Å²) in [5.41, 5.74) is 4.31. The number of rotatable bonds is 6. The van der Waals surface area contributed by atoms with E-state index in [1.165, 1.54) is 36.0 Å². The van der Waals surface area contributed by atoms with Gasteiger partial charge in [0.25, 0.3) is 0 Å². The smallest absolute Gasteiger partial charge is 0.0434 e. The van der Waals surface area contributed by atoms with Gasteiger partial charge in [0.1, 0.15) is 0 Å². The lowest BCUT2D eigenvalue weighted by molar-refractivity contribution is 0.288. The third-order valence-electron chi connectivity index (χ3n) is 2.96. The first-order valence-electron chi connectivity index (χ1n) is 5.97. The zero-order valence-electron chi connectivity index (χ0n) is 9.92. The van der Waals surface area contributed by atoms with Crippen LogP contribution in [0, 0.1) is 6.92 Å². The van der Waals surface area contributed by atoms with Gasteiger partial charge in [-0.05, 0) is 49.3 Å². The molecule has 15 heavy (non-hydrogen) atoms. The first-order valence-corrected chi connectivity index (χ1v) is 5.97. The van der Waals surface area contributed by atoms with Crippen LogP contribution in [0.25, 0.3) is 0 Å². The van der Waals surface area contributed by atoms with Gasteiger partial charge in [-0.25, -0.2) is 0 Å². The summed E-state index contributed by atoms with van der Waals surface area (Å²) in [7, 11) is 0.